The van der Waals surface area contributed by atoms with Gasteiger partial charge < -0.3 is 5.11 Å². The Balaban J connectivity index is 2.15. The first kappa shape index (κ1) is 13.0. The molecule has 0 saturated carbocycles. The SMILES string of the molecule is O=C(O)Cc1cc(C(=O)c2ccsc2)c2sccc2c1. The van der Waals surface area contributed by atoms with Gasteiger partial charge in [0.1, 0.15) is 0 Å². The average molecular weight is 302 g/mol. The van der Waals surface area contributed by atoms with Crippen molar-refractivity contribution < 1.29 is 14.7 Å². The van der Waals surface area contributed by atoms with E-state index in [2.05, 4.69) is 0 Å². The maximum atomic E-state index is 12.5. The number of benzene rings is 1. The second-order valence-corrected chi connectivity index (χ2v) is 6.09. The van der Waals surface area contributed by atoms with Gasteiger partial charge in [-0.2, -0.15) is 11.3 Å². The van der Waals surface area contributed by atoms with E-state index in [1.165, 1.54) is 22.7 Å². The monoisotopic (exact) mass is 302 g/mol. The minimum atomic E-state index is -0.895. The Morgan fingerprint density at radius 3 is 2.70 bits per heavy atom. The quantitative estimate of drug-likeness (QED) is 0.745. The molecule has 0 spiro atoms. The summed E-state index contributed by atoms with van der Waals surface area (Å²) in [7, 11) is 0. The van der Waals surface area contributed by atoms with E-state index < -0.39 is 5.97 Å². The van der Waals surface area contributed by atoms with E-state index in [0.717, 1.165) is 10.1 Å². The van der Waals surface area contributed by atoms with E-state index in [1.807, 2.05) is 28.3 Å². The Hall–Kier alpha value is -1.98. The second kappa shape index (κ2) is 5.19. The highest BCUT2D eigenvalue weighted by Gasteiger charge is 2.16. The van der Waals surface area contributed by atoms with Crippen LogP contribution in [-0.2, 0) is 11.2 Å². The van der Waals surface area contributed by atoms with Crippen LogP contribution in [0.15, 0.2) is 40.4 Å². The summed E-state index contributed by atoms with van der Waals surface area (Å²) in [4.78, 5) is 23.4. The van der Waals surface area contributed by atoms with Gasteiger partial charge in [-0.3, -0.25) is 9.59 Å². The lowest BCUT2D eigenvalue weighted by Gasteiger charge is -2.05. The van der Waals surface area contributed by atoms with E-state index in [9.17, 15) is 9.59 Å². The van der Waals surface area contributed by atoms with Crippen LogP contribution in [0.3, 0.4) is 0 Å². The summed E-state index contributed by atoms with van der Waals surface area (Å²) in [5, 5.41) is 15.4. The molecular weight excluding hydrogens is 292 g/mol. The van der Waals surface area contributed by atoms with E-state index in [-0.39, 0.29) is 12.2 Å². The predicted octanol–water partition coefficient (Wildman–Crippen LogP) is 3.82. The molecule has 3 rings (SSSR count). The van der Waals surface area contributed by atoms with Gasteiger partial charge in [0.25, 0.3) is 0 Å². The number of aliphatic carboxylic acids is 1. The fourth-order valence-corrected chi connectivity index (χ4v) is 3.67. The average Bonchev–Trinajstić information content (AvgIpc) is 3.07. The van der Waals surface area contributed by atoms with Crippen LogP contribution in [-0.4, -0.2) is 16.9 Å². The molecule has 0 atom stereocenters. The van der Waals surface area contributed by atoms with Crippen molar-refractivity contribution in [2.24, 2.45) is 0 Å². The number of carbonyl (C=O) groups excluding carboxylic acids is 1. The lowest BCUT2D eigenvalue weighted by atomic mass is 10.00. The van der Waals surface area contributed by atoms with Crippen LogP contribution < -0.4 is 0 Å². The van der Waals surface area contributed by atoms with Crippen molar-refractivity contribution in [1.29, 1.82) is 0 Å². The standard InChI is InChI=1S/C15H10O3S2/c16-13(17)7-9-5-10-2-4-20-15(10)12(6-9)14(18)11-1-3-19-8-11/h1-6,8H,7H2,(H,16,17). The van der Waals surface area contributed by atoms with Crippen molar-refractivity contribution in [2.45, 2.75) is 6.42 Å². The predicted molar refractivity (Wildman–Crippen MR) is 80.9 cm³/mol. The maximum absolute atomic E-state index is 12.5. The van der Waals surface area contributed by atoms with E-state index in [4.69, 9.17) is 5.11 Å². The lowest BCUT2D eigenvalue weighted by Crippen LogP contribution is -2.04. The van der Waals surface area contributed by atoms with Crippen molar-refractivity contribution in [3.8, 4) is 0 Å². The Morgan fingerprint density at radius 1 is 1.15 bits per heavy atom. The number of rotatable bonds is 4. The van der Waals surface area contributed by atoms with Crippen LogP contribution in [0, 0.1) is 0 Å². The van der Waals surface area contributed by atoms with E-state index >= 15 is 0 Å². The molecule has 3 aromatic rings. The number of carboxylic acid groups (broad SMARTS) is 1. The zero-order valence-corrected chi connectivity index (χ0v) is 12.0. The van der Waals surface area contributed by atoms with Gasteiger partial charge in [0, 0.05) is 21.2 Å². The summed E-state index contributed by atoms with van der Waals surface area (Å²) in [5.41, 5.74) is 1.89. The van der Waals surface area contributed by atoms with Crippen molar-refractivity contribution in [1.82, 2.24) is 0 Å². The van der Waals surface area contributed by atoms with Crippen molar-refractivity contribution >= 4 is 44.5 Å². The zero-order chi connectivity index (χ0) is 14.1. The number of ketones is 1. The van der Waals surface area contributed by atoms with Gasteiger partial charge in [-0.05, 0) is 46.0 Å². The normalized spacial score (nSPS) is 10.8. The van der Waals surface area contributed by atoms with Crippen LogP contribution in [0.5, 0.6) is 0 Å². The second-order valence-electron chi connectivity index (χ2n) is 4.39. The highest BCUT2D eigenvalue weighted by Crippen LogP contribution is 2.29. The van der Waals surface area contributed by atoms with Gasteiger partial charge in [-0.1, -0.05) is 0 Å². The minimum Gasteiger partial charge on any atom is -0.481 e. The molecule has 2 heterocycles. The summed E-state index contributed by atoms with van der Waals surface area (Å²) >= 11 is 2.98. The molecule has 0 amide bonds. The molecular formula is C15H10O3S2. The Kier molecular flexibility index (Phi) is 3.38. The lowest BCUT2D eigenvalue weighted by molar-refractivity contribution is -0.136. The third-order valence-electron chi connectivity index (χ3n) is 2.99. The Morgan fingerprint density at radius 2 is 2.00 bits per heavy atom. The molecule has 1 N–H and O–H groups in total. The third kappa shape index (κ3) is 2.37. The fraction of sp³-hybridized carbons (Fsp3) is 0.0667. The molecule has 2 aromatic heterocycles. The van der Waals surface area contributed by atoms with Crippen LogP contribution in [0.4, 0.5) is 0 Å². The van der Waals surface area contributed by atoms with Gasteiger partial charge in [0.05, 0.1) is 6.42 Å². The molecule has 0 fully saturated rings. The summed E-state index contributed by atoms with van der Waals surface area (Å²) < 4.78 is 0.912. The molecule has 5 heteroatoms. The summed E-state index contributed by atoms with van der Waals surface area (Å²) in [5.74, 6) is -0.945. The van der Waals surface area contributed by atoms with Crippen LogP contribution in [0.1, 0.15) is 21.5 Å². The first-order chi connectivity index (χ1) is 9.65. The molecule has 0 aliphatic heterocycles. The Bertz CT molecular complexity index is 785. The van der Waals surface area contributed by atoms with Gasteiger partial charge in [0.15, 0.2) is 5.78 Å². The largest absolute Gasteiger partial charge is 0.481 e. The molecule has 0 aliphatic rings. The molecule has 0 saturated heterocycles. The van der Waals surface area contributed by atoms with Crippen LogP contribution >= 0.6 is 22.7 Å². The molecule has 20 heavy (non-hydrogen) atoms. The zero-order valence-electron chi connectivity index (χ0n) is 10.3. The topological polar surface area (TPSA) is 54.4 Å². The number of carbonyl (C=O) groups is 2. The molecule has 3 nitrogen and oxygen atoms in total. The summed E-state index contributed by atoms with van der Waals surface area (Å²) in [6.07, 6.45) is -0.0737. The van der Waals surface area contributed by atoms with Gasteiger partial charge in [0.2, 0.25) is 0 Å². The molecule has 0 unspecified atom stereocenters. The fourth-order valence-electron chi connectivity index (χ4n) is 2.14. The Labute approximate surface area is 123 Å². The highest BCUT2D eigenvalue weighted by molar-refractivity contribution is 7.17. The third-order valence-corrected chi connectivity index (χ3v) is 4.64. The van der Waals surface area contributed by atoms with Crippen LogP contribution in [0.25, 0.3) is 10.1 Å². The minimum absolute atomic E-state index is 0.0501. The molecule has 0 radical (unpaired) electrons. The number of hydrogen-bond acceptors (Lipinski definition) is 4. The number of fused-ring (bicyclic) bond motifs is 1. The van der Waals surface area contributed by atoms with Gasteiger partial charge >= 0.3 is 5.97 Å². The summed E-state index contributed by atoms with van der Waals surface area (Å²) in [6.45, 7) is 0. The highest BCUT2D eigenvalue weighted by atomic mass is 32.1. The van der Waals surface area contributed by atoms with Crippen molar-refractivity contribution in [2.75, 3.05) is 0 Å². The molecule has 100 valence electrons. The maximum Gasteiger partial charge on any atom is 0.307 e. The number of thiophene rings is 2. The molecule has 1 aromatic carbocycles. The van der Waals surface area contributed by atoms with Crippen LogP contribution in [0.2, 0.25) is 0 Å². The number of carboxylic acids is 1. The van der Waals surface area contributed by atoms with E-state index in [1.54, 1.807) is 12.1 Å². The van der Waals surface area contributed by atoms with Crippen molar-refractivity contribution in [3.05, 3.63) is 57.1 Å². The molecule has 0 aliphatic carbocycles. The van der Waals surface area contributed by atoms with Gasteiger partial charge in [-0.25, -0.2) is 0 Å². The first-order valence-electron chi connectivity index (χ1n) is 5.94. The smallest absolute Gasteiger partial charge is 0.307 e. The van der Waals surface area contributed by atoms with Crippen molar-refractivity contribution in [3.63, 3.8) is 0 Å². The van der Waals surface area contributed by atoms with E-state index in [0.29, 0.717) is 16.7 Å². The van der Waals surface area contributed by atoms with Gasteiger partial charge in [-0.15, -0.1) is 11.3 Å². The number of hydrogen-bond donors (Lipinski definition) is 1. The first-order valence-corrected chi connectivity index (χ1v) is 7.76. The summed E-state index contributed by atoms with van der Waals surface area (Å²) in [6, 6.07) is 7.24. The molecule has 0 bridgehead atoms.